The van der Waals surface area contributed by atoms with Crippen LogP contribution in [0.3, 0.4) is 0 Å². The number of hydrogen-bond acceptors (Lipinski definition) is 5. The molecule has 7 nitrogen and oxygen atoms in total. The highest BCUT2D eigenvalue weighted by Crippen LogP contribution is 2.28. The lowest BCUT2D eigenvalue weighted by Gasteiger charge is -2.36. The minimum atomic E-state index is -4.09. The number of nitrogens with zero attached hydrogens (tertiary/aromatic N) is 2. The van der Waals surface area contributed by atoms with E-state index in [1.807, 2.05) is 0 Å². The number of aliphatic hydroxyl groups is 1. The van der Waals surface area contributed by atoms with E-state index in [4.69, 9.17) is 5.11 Å². The number of halogens is 1. The zero-order valence-electron chi connectivity index (χ0n) is 9.69. The Morgan fingerprint density at radius 3 is 2.63 bits per heavy atom. The fraction of sp³-hybridized carbons (Fsp3) is 0.400. The van der Waals surface area contributed by atoms with Gasteiger partial charge in [0, 0.05) is 37.7 Å². The van der Waals surface area contributed by atoms with Crippen molar-refractivity contribution in [3.05, 3.63) is 34.1 Å². The van der Waals surface area contributed by atoms with Crippen molar-refractivity contribution in [3.8, 4) is 0 Å². The minimum Gasteiger partial charge on any atom is -0.396 e. The molecule has 104 valence electrons. The third kappa shape index (κ3) is 2.44. The van der Waals surface area contributed by atoms with E-state index < -0.39 is 31.3 Å². The summed E-state index contributed by atoms with van der Waals surface area (Å²) in [5.41, 5.74) is -0.487. The molecular formula is C10H11FN2O5S. The van der Waals surface area contributed by atoms with Crippen LogP contribution in [-0.2, 0) is 10.0 Å². The van der Waals surface area contributed by atoms with E-state index in [0.717, 1.165) is 16.4 Å². The fourth-order valence-corrected chi connectivity index (χ4v) is 3.45. The van der Waals surface area contributed by atoms with Crippen molar-refractivity contribution in [2.75, 3.05) is 19.7 Å². The van der Waals surface area contributed by atoms with Gasteiger partial charge in [0.2, 0.25) is 10.0 Å². The van der Waals surface area contributed by atoms with Crippen LogP contribution in [0.2, 0.25) is 0 Å². The summed E-state index contributed by atoms with van der Waals surface area (Å²) >= 11 is 0. The highest BCUT2D eigenvalue weighted by atomic mass is 32.2. The molecule has 2 rings (SSSR count). The third-order valence-electron chi connectivity index (χ3n) is 2.93. The molecule has 1 fully saturated rings. The van der Waals surface area contributed by atoms with Gasteiger partial charge in [0.25, 0.3) is 5.69 Å². The normalized spacial score (nSPS) is 17.2. The van der Waals surface area contributed by atoms with Gasteiger partial charge in [-0.1, -0.05) is 0 Å². The topological polar surface area (TPSA) is 101 Å². The van der Waals surface area contributed by atoms with Crippen molar-refractivity contribution in [1.29, 1.82) is 0 Å². The fourth-order valence-electron chi connectivity index (χ4n) is 1.78. The molecule has 0 spiro atoms. The summed E-state index contributed by atoms with van der Waals surface area (Å²) in [6, 6.07) is 2.37. The molecule has 0 amide bonds. The molecule has 0 atom stereocenters. The van der Waals surface area contributed by atoms with Gasteiger partial charge in [0.1, 0.15) is 10.7 Å². The van der Waals surface area contributed by atoms with Gasteiger partial charge in [-0.25, -0.2) is 12.8 Å². The summed E-state index contributed by atoms with van der Waals surface area (Å²) in [5.74, 6) is -1.20. The molecule has 0 bridgehead atoms. The lowest BCUT2D eigenvalue weighted by atomic mass is 10.1. The van der Waals surface area contributed by atoms with E-state index in [1.165, 1.54) is 0 Å². The number of nitro groups is 1. The van der Waals surface area contributed by atoms with Crippen LogP contribution in [0.1, 0.15) is 0 Å². The first-order chi connectivity index (χ1) is 8.86. The van der Waals surface area contributed by atoms with Gasteiger partial charge in [0.05, 0.1) is 4.92 Å². The van der Waals surface area contributed by atoms with Gasteiger partial charge in [-0.2, -0.15) is 4.31 Å². The predicted octanol–water partition coefficient (Wildman–Crippen LogP) is 0.347. The molecule has 1 aromatic rings. The molecule has 19 heavy (non-hydrogen) atoms. The maximum absolute atomic E-state index is 13.6. The van der Waals surface area contributed by atoms with Gasteiger partial charge in [-0.15, -0.1) is 0 Å². The zero-order chi connectivity index (χ0) is 14.2. The van der Waals surface area contributed by atoms with Crippen LogP contribution >= 0.6 is 0 Å². The zero-order valence-corrected chi connectivity index (χ0v) is 10.5. The molecule has 0 saturated carbocycles. The number of rotatable bonds is 4. The second-order valence-corrected chi connectivity index (χ2v) is 6.15. The highest BCUT2D eigenvalue weighted by molar-refractivity contribution is 7.89. The molecular weight excluding hydrogens is 279 g/mol. The Kier molecular flexibility index (Phi) is 3.52. The Labute approximate surface area is 108 Å². The standard InChI is InChI=1S/C10H11FN2O5S/c11-9-2-1-8(13(15)16)3-10(9)19(17,18)12-4-7(5-12)6-14/h1-3,7,14H,4-6H2. The molecule has 1 aliphatic heterocycles. The number of hydrogen-bond donors (Lipinski definition) is 1. The van der Waals surface area contributed by atoms with Crippen molar-refractivity contribution in [1.82, 2.24) is 4.31 Å². The molecule has 1 saturated heterocycles. The molecule has 9 heteroatoms. The Morgan fingerprint density at radius 2 is 2.11 bits per heavy atom. The van der Waals surface area contributed by atoms with Crippen LogP contribution in [0.4, 0.5) is 10.1 Å². The van der Waals surface area contributed by atoms with Gasteiger partial charge < -0.3 is 5.11 Å². The highest BCUT2D eigenvalue weighted by Gasteiger charge is 2.38. The van der Waals surface area contributed by atoms with Gasteiger partial charge in [0.15, 0.2) is 0 Å². The number of benzene rings is 1. The average Bonchev–Trinajstić information content (AvgIpc) is 2.27. The van der Waals surface area contributed by atoms with E-state index in [1.54, 1.807) is 0 Å². The number of nitro benzene ring substituents is 1. The predicted molar refractivity (Wildman–Crippen MR) is 62.4 cm³/mol. The number of non-ortho nitro benzene ring substituents is 1. The van der Waals surface area contributed by atoms with Crippen LogP contribution in [0.5, 0.6) is 0 Å². The lowest BCUT2D eigenvalue weighted by molar-refractivity contribution is -0.385. The van der Waals surface area contributed by atoms with Crippen LogP contribution in [0.25, 0.3) is 0 Å². The molecule has 0 aliphatic carbocycles. The molecule has 1 aromatic carbocycles. The quantitative estimate of drug-likeness (QED) is 0.637. The van der Waals surface area contributed by atoms with Crippen LogP contribution < -0.4 is 0 Å². The Hall–Kier alpha value is -1.58. The van der Waals surface area contributed by atoms with Crippen molar-refractivity contribution in [2.24, 2.45) is 5.92 Å². The summed E-state index contributed by atoms with van der Waals surface area (Å²) in [6.07, 6.45) is 0. The summed E-state index contributed by atoms with van der Waals surface area (Å²) in [7, 11) is -4.09. The lowest BCUT2D eigenvalue weighted by Crippen LogP contribution is -2.51. The molecule has 1 aliphatic rings. The van der Waals surface area contributed by atoms with E-state index in [0.29, 0.717) is 6.07 Å². The SMILES string of the molecule is O=[N+]([O-])c1ccc(F)c(S(=O)(=O)N2CC(CO)C2)c1. The average molecular weight is 290 g/mol. The summed E-state index contributed by atoms with van der Waals surface area (Å²) in [4.78, 5) is 9.09. The number of aliphatic hydroxyl groups excluding tert-OH is 1. The molecule has 1 N–H and O–H groups in total. The molecule has 0 unspecified atom stereocenters. The largest absolute Gasteiger partial charge is 0.396 e. The van der Waals surface area contributed by atoms with Gasteiger partial charge >= 0.3 is 0 Å². The molecule has 1 heterocycles. The number of sulfonamides is 1. The first-order valence-electron chi connectivity index (χ1n) is 5.41. The van der Waals surface area contributed by atoms with E-state index >= 15 is 0 Å². The first kappa shape index (κ1) is 13.8. The van der Waals surface area contributed by atoms with Crippen molar-refractivity contribution in [3.63, 3.8) is 0 Å². The van der Waals surface area contributed by atoms with Crippen molar-refractivity contribution in [2.45, 2.75) is 4.90 Å². The van der Waals surface area contributed by atoms with Crippen molar-refractivity contribution >= 4 is 15.7 Å². The van der Waals surface area contributed by atoms with E-state index in [9.17, 15) is 22.9 Å². The van der Waals surface area contributed by atoms with Gasteiger partial charge in [-0.3, -0.25) is 10.1 Å². The van der Waals surface area contributed by atoms with Gasteiger partial charge in [-0.05, 0) is 6.07 Å². The molecule has 0 radical (unpaired) electrons. The smallest absolute Gasteiger partial charge is 0.270 e. The van der Waals surface area contributed by atoms with E-state index in [2.05, 4.69) is 0 Å². The van der Waals surface area contributed by atoms with Crippen molar-refractivity contribution < 1.29 is 22.8 Å². The second-order valence-electron chi connectivity index (χ2n) is 4.24. The third-order valence-corrected chi connectivity index (χ3v) is 4.77. The Morgan fingerprint density at radius 1 is 1.47 bits per heavy atom. The summed E-state index contributed by atoms with van der Waals surface area (Å²) in [5, 5.41) is 19.4. The Bertz CT molecular complexity index is 612. The minimum absolute atomic E-state index is 0.0843. The van der Waals surface area contributed by atoms with Crippen LogP contribution in [-0.4, -0.2) is 42.4 Å². The molecule has 0 aromatic heterocycles. The monoisotopic (exact) mass is 290 g/mol. The first-order valence-corrected chi connectivity index (χ1v) is 6.85. The van der Waals surface area contributed by atoms with Crippen LogP contribution in [0, 0.1) is 21.8 Å². The second kappa shape index (κ2) is 4.83. The van der Waals surface area contributed by atoms with E-state index in [-0.39, 0.29) is 25.6 Å². The maximum Gasteiger partial charge on any atom is 0.270 e. The Balaban J connectivity index is 2.35. The summed E-state index contributed by atoms with van der Waals surface area (Å²) < 4.78 is 38.6. The summed E-state index contributed by atoms with van der Waals surface area (Å²) in [6.45, 7) is 0.0192. The van der Waals surface area contributed by atoms with Crippen LogP contribution in [0.15, 0.2) is 23.1 Å². The maximum atomic E-state index is 13.6.